The van der Waals surface area contributed by atoms with E-state index in [1.54, 1.807) is 6.26 Å². The summed E-state index contributed by atoms with van der Waals surface area (Å²) in [4.78, 5) is 0. The Bertz CT molecular complexity index is 673. The predicted molar refractivity (Wildman–Crippen MR) is 117 cm³/mol. The Balaban J connectivity index is 2.53. The van der Waals surface area contributed by atoms with Crippen LogP contribution in [0.25, 0.3) is 0 Å². The number of thioether (sulfide) groups is 1. The molecule has 0 aliphatic carbocycles. The highest BCUT2D eigenvalue weighted by atomic mass is 32.3. The summed E-state index contributed by atoms with van der Waals surface area (Å²) in [6.45, 7) is -0.593. The van der Waals surface area contributed by atoms with Gasteiger partial charge >= 0.3 is 10.4 Å². The quantitative estimate of drug-likeness (QED) is 0.0709. The lowest BCUT2D eigenvalue weighted by molar-refractivity contribution is -0.205. The van der Waals surface area contributed by atoms with Gasteiger partial charge in [0, 0.05) is 22.8 Å². The molecule has 1 unspecified atom stereocenters. The molecule has 1 fully saturated rings. The molecule has 184 valence electrons. The van der Waals surface area contributed by atoms with Gasteiger partial charge in [-0.05, 0) is 19.3 Å². The van der Waals surface area contributed by atoms with Gasteiger partial charge in [0.05, 0.1) is 6.61 Å². The van der Waals surface area contributed by atoms with Crippen LogP contribution in [0, 0.1) is 0 Å². The van der Waals surface area contributed by atoms with Crippen LogP contribution in [0.1, 0.15) is 51.4 Å². The monoisotopic (exact) mass is 507 g/mol. The number of aliphatic hydroxyl groups is 4. The number of aliphatic hydroxyl groups excluding tert-OH is 4. The van der Waals surface area contributed by atoms with Gasteiger partial charge in [-0.3, -0.25) is 8.76 Å². The zero-order valence-corrected chi connectivity index (χ0v) is 19.9. The van der Waals surface area contributed by atoms with Gasteiger partial charge in [0.2, 0.25) is 0 Å². The summed E-state index contributed by atoms with van der Waals surface area (Å²) in [6.07, 6.45) is 2.61. The van der Waals surface area contributed by atoms with Crippen LogP contribution < -0.4 is 0 Å². The van der Waals surface area contributed by atoms with Gasteiger partial charge in [-0.2, -0.15) is 8.42 Å². The fourth-order valence-electron chi connectivity index (χ4n) is 2.98. The minimum atomic E-state index is -4.82. The summed E-state index contributed by atoms with van der Waals surface area (Å²) in [5.41, 5.74) is -1.14. The topological polar surface area (TPSA) is 183 Å². The van der Waals surface area contributed by atoms with Crippen molar-refractivity contribution in [1.82, 2.24) is 0 Å². The van der Waals surface area contributed by atoms with E-state index in [-0.39, 0.29) is 11.5 Å². The molecule has 1 aliphatic rings. The SMILES string of the molecule is CS(=O)CCCCCCCCC/C(=N/OS(=O)(=O)O)S[C@@H]1O[C@H](CO)[C@@H](O)[C@H](O)[C@H]1O. The van der Waals surface area contributed by atoms with Crippen molar-refractivity contribution in [2.75, 3.05) is 18.6 Å². The van der Waals surface area contributed by atoms with Crippen molar-refractivity contribution in [3.05, 3.63) is 0 Å². The second kappa shape index (κ2) is 14.8. The van der Waals surface area contributed by atoms with E-state index in [0.717, 1.165) is 50.3 Å². The van der Waals surface area contributed by atoms with E-state index < -0.39 is 57.7 Å². The highest BCUT2D eigenvalue weighted by Crippen LogP contribution is 2.30. The molecule has 0 bridgehead atoms. The Hall–Kier alpha value is -0.320. The van der Waals surface area contributed by atoms with E-state index in [0.29, 0.717) is 12.2 Å². The van der Waals surface area contributed by atoms with Crippen molar-refractivity contribution >= 4 is 38.0 Å². The molecule has 1 saturated heterocycles. The molecule has 14 heteroatoms. The summed E-state index contributed by atoms with van der Waals surface area (Å²) in [5.74, 6) is 0.711. The summed E-state index contributed by atoms with van der Waals surface area (Å²) in [5, 5.41) is 42.6. The lowest BCUT2D eigenvalue weighted by Gasteiger charge is -2.39. The van der Waals surface area contributed by atoms with Gasteiger partial charge in [-0.15, -0.1) is 0 Å². The maximum atomic E-state index is 11.0. The Morgan fingerprint density at radius 2 is 1.61 bits per heavy atom. The third kappa shape index (κ3) is 11.9. The van der Waals surface area contributed by atoms with E-state index >= 15 is 0 Å². The maximum Gasteiger partial charge on any atom is 0.466 e. The Morgan fingerprint density at radius 1 is 1.03 bits per heavy atom. The molecule has 0 radical (unpaired) electrons. The second-order valence-electron chi connectivity index (χ2n) is 7.30. The van der Waals surface area contributed by atoms with Gasteiger partial charge in [-0.1, -0.05) is 49.0 Å². The molecule has 31 heavy (non-hydrogen) atoms. The zero-order chi connectivity index (χ0) is 23.4. The normalized spacial score (nSPS) is 28.5. The number of unbranched alkanes of at least 4 members (excludes halogenated alkanes) is 6. The average Bonchev–Trinajstić information content (AvgIpc) is 2.69. The number of nitrogens with zero attached hydrogens (tertiary/aromatic N) is 1. The van der Waals surface area contributed by atoms with Crippen molar-refractivity contribution < 1.29 is 46.6 Å². The minimum Gasteiger partial charge on any atom is -0.394 e. The Morgan fingerprint density at radius 3 is 2.16 bits per heavy atom. The number of hydrogen-bond donors (Lipinski definition) is 5. The maximum absolute atomic E-state index is 11.0. The Labute approximate surface area is 189 Å². The lowest BCUT2D eigenvalue weighted by Crippen LogP contribution is -2.57. The molecule has 0 aromatic carbocycles. The van der Waals surface area contributed by atoms with E-state index in [1.165, 1.54) is 0 Å². The fraction of sp³-hybridized carbons (Fsp3) is 0.941. The smallest absolute Gasteiger partial charge is 0.394 e. The first-order chi connectivity index (χ1) is 14.5. The molecule has 1 heterocycles. The Kier molecular flexibility index (Phi) is 13.7. The third-order valence-corrected chi connectivity index (χ3v) is 6.96. The van der Waals surface area contributed by atoms with Crippen LogP contribution in [0.3, 0.4) is 0 Å². The number of rotatable bonds is 14. The van der Waals surface area contributed by atoms with Crippen LogP contribution in [-0.4, -0.2) is 91.1 Å². The van der Waals surface area contributed by atoms with E-state index in [9.17, 15) is 33.1 Å². The van der Waals surface area contributed by atoms with Gasteiger partial charge in [0.25, 0.3) is 0 Å². The molecule has 11 nitrogen and oxygen atoms in total. The molecule has 1 rings (SSSR count). The van der Waals surface area contributed by atoms with Crippen molar-refractivity contribution in [3.8, 4) is 0 Å². The van der Waals surface area contributed by atoms with Crippen molar-refractivity contribution in [2.24, 2.45) is 5.16 Å². The highest BCUT2D eigenvalue weighted by molar-refractivity contribution is 8.14. The summed E-state index contributed by atoms with van der Waals surface area (Å²) in [7, 11) is -5.58. The van der Waals surface area contributed by atoms with Crippen LogP contribution in [0.15, 0.2) is 5.16 Å². The number of oxime groups is 1. The first kappa shape index (κ1) is 28.7. The highest BCUT2D eigenvalue weighted by Gasteiger charge is 2.44. The molecule has 1 aliphatic heterocycles. The predicted octanol–water partition coefficient (Wildman–Crippen LogP) is 0.152. The van der Waals surface area contributed by atoms with Crippen LogP contribution in [-0.2, 0) is 30.2 Å². The van der Waals surface area contributed by atoms with Crippen LogP contribution in [0.5, 0.6) is 0 Å². The van der Waals surface area contributed by atoms with E-state index in [2.05, 4.69) is 9.44 Å². The standard InChI is InChI=1S/C17H33NO10S3/c1-30(23)10-8-6-4-2-3-5-7-9-13(18-28-31(24,25)26)29-17-16(22)15(21)14(20)12(11-19)27-17/h12,14-17,19-22H,2-11H2,1H3,(H,24,25,26)/b18-13-/t12-,14-,15+,16-,17+,30?/m1/s1. The van der Waals surface area contributed by atoms with Gasteiger partial charge in [0.15, 0.2) is 0 Å². The molecule has 0 amide bonds. The van der Waals surface area contributed by atoms with Gasteiger partial charge in [0.1, 0.15) is 34.9 Å². The average molecular weight is 508 g/mol. The largest absolute Gasteiger partial charge is 0.466 e. The minimum absolute atomic E-state index is 0.104. The van der Waals surface area contributed by atoms with Crippen molar-refractivity contribution in [1.29, 1.82) is 0 Å². The van der Waals surface area contributed by atoms with E-state index in [1.807, 2.05) is 0 Å². The van der Waals surface area contributed by atoms with Crippen LogP contribution in [0.4, 0.5) is 0 Å². The third-order valence-electron chi connectivity index (χ3n) is 4.66. The van der Waals surface area contributed by atoms with Gasteiger partial charge < -0.3 is 25.2 Å². The molecular weight excluding hydrogens is 474 g/mol. The summed E-state index contributed by atoms with van der Waals surface area (Å²) in [6, 6.07) is 0. The van der Waals surface area contributed by atoms with Crippen molar-refractivity contribution in [2.45, 2.75) is 81.2 Å². The van der Waals surface area contributed by atoms with Gasteiger partial charge in [-0.25, -0.2) is 4.28 Å². The number of hydrogen-bond acceptors (Lipinski definition) is 11. The molecule has 0 aromatic rings. The van der Waals surface area contributed by atoms with Crippen LogP contribution in [0.2, 0.25) is 0 Å². The molecule has 5 N–H and O–H groups in total. The second-order valence-corrected chi connectivity index (χ2v) is 11.0. The molecule has 6 atom stereocenters. The zero-order valence-electron chi connectivity index (χ0n) is 17.4. The molecule has 0 aromatic heterocycles. The van der Waals surface area contributed by atoms with Crippen LogP contribution >= 0.6 is 11.8 Å². The molecule has 0 spiro atoms. The fourth-order valence-corrected chi connectivity index (χ4v) is 4.93. The molecule has 0 saturated carbocycles. The molecular formula is C17H33NO10S3. The number of ether oxygens (including phenoxy) is 1. The first-order valence-electron chi connectivity index (χ1n) is 10.0. The lowest BCUT2D eigenvalue weighted by atomic mass is 10.0. The van der Waals surface area contributed by atoms with Crippen molar-refractivity contribution in [3.63, 3.8) is 0 Å². The first-order valence-corrected chi connectivity index (χ1v) is 14.0. The summed E-state index contributed by atoms with van der Waals surface area (Å²) < 4.78 is 50.9. The van der Waals surface area contributed by atoms with E-state index in [4.69, 9.17) is 9.29 Å². The summed E-state index contributed by atoms with van der Waals surface area (Å²) >= 11 is 0.783.